The summed E-state index contributed by atoms with van der Waals surface area (Å²) < 4.78 is 21.1. The summed E-state index contributed by atoms with van der Waals surface area (Å²) in [7, 11) is 0. The van der Waals surface area contributed by atoms with Gasteiger partial charge in [0.15, 0.2) is 0 Å². The minimum absolute atomic E-state index is 0.0963. The fourth-order valence-corrected chi connectivity index (χ4v) is 5.99. The van der Waals surface area contributed by atoms with Crippen LogP contribution in [0.4, 0.5) is 10.1 Å². The fourth-order valence-electron chi connectivity index (χ4n) is 5.99. The second-order valence-electron chi connectivity index (χ2n) is 12.5. The van der Waals surface area contributed by atoms with Gasteiger partial charge >= 0.3 is 5.97 Å². The molecule has 53 heavy (non-hydrogen) atoms. The third-order valence-corrected chi connectivity index (χ3v) is 8.23. The Balaban J connectivity index is 1.56. The molecule has 0 unspecified atom stereocenters. The lowest BCUT2D eigenvalue weighted by molar-refractivity contribution is -0.790. The van der Waals surface area contributed by atoms with Crippen LogP contribution in [-0.4, -0.2) is 68.4 Å². The first-order chi connectivity index (χ1) is 25.3. The number of nitrogens with zero attached hydrogens (tertiary/aromatic N) is 3. The van der Waals surface area contributed by atoms with Gasteiger partial charge in [-0.1, -0.05) is 62.4 Å². The lowest BCUT2D eigenvalue weighted by atomic mass is 9.94. The number of ether oxygens (including phenoxy) is 1. The van der Waals surface area contributed by atoms with Crippen molar-refractivity contribution in [2.45, 2.75) is 70.3 Å². The van der Waals surface area contributed by atoms with Crippen molar-refractivity contribution in [1.29, 1.82) is 0 Å². The molecule has 0 bridgehead atoms. The summed E-state index contributed by atoms with van der Waals surface area (Å²) in [5.41, 5.74) is 4.35. The lowest BCUT2D eigenvalue weighted by Gasteiger charge is -2.20. The summed E-state index contributed by atoms with van der Waals surface area (Å²) >= 11 is 0. The molecule has 0 radical (unpaired) electrons. The fraction of sp³-hybridized carbons (Fsp3) is 0.351. The molecule has 4 rings (SSSR count). The summed E-state index contributed by atoms with van der Waals surface area (Å²) in [6.45, 7) is 2.91. The number of aliphatic hydroxyl groups is 2. The van der Waals surface area contributed by atoms with Gasteiger partial charge in [-0.3, -0.25) is 9.59 Å². The van der Waals surface area contributed by atoms with E-state index < -0.39 is 59.9 Å². The van der Waals surface area contributed by atoms with Gasteiger partial charge < -0.3 is 34.5 Å². The molecule has 1 heterocycles. The highest BCUT2D eigenvalue weighted by Gasteiger charge is 2.31. The van der Waals surface area contributed by atoms with Crippen LogP contribution in [0.5, 0.6) is 0 Å². The molecular formula is C37H41FN4O11. The van der Waals surface area contributed by atoms with E-state index in [9.17, 15) is 44.4 Å². The molecule has 0 spiro atoms. The van der Waals surface area contributed by atoms with Crippen molar-refractivity contribution in [2.24, 2.45) is 0 Å². The molecule has 15 nitrogen and oxygen atoms in total. The predicted octanol–water partition coefficient (Wildman–Crippen LogP) is 5.95. The molecule has 282 valence electrons. The number of aromatic nitrogens is 1. The minimum atomic E-state index is -1.37. The summed E-state index contributed by atoms with van der Waals surface area (Å²) in [5, 5.41) is 43.4. The maximum atomic E-state index is 14.2. The van der Waals surface area contributed by atoms with E-state index in [1.165, 1.54) is 12.1 Å². The van der Waals surface area contributed by atoms with Crippen molar-refractivity contribution in [3.05, 3.63) is 122 Å². The molecule has 0 saturated heterocycles. The van der Waals surface area contributed by atoms with Crippen LogP contribution in [0.1, 0.15) is 61.5 Å². The van der Waals surface area contributed by atoms with Gasteiger partial charge in [-0.25, -0.2) is 4.39 Å². The zero-order valence-electron chi connectivity index (χ0n) is 29.1. The molecule has 3 aromatic carbocycles. The van der Waals surface area contributed by atoms with Crippen LogP contribution >= 0.6 is 0 Å². The number of amides is 1. The maximum absolute atomic E-state index is 14.2. The maximum Gasteiger partial charge on any atom is 0.308 e. The number of esters is 1. The third-order valence-electron chi connectivity index (χ3n) is 8.23. The number of hydrogen-bond donors (Lipinski definition) is 3. The van der Waals surface area contributed by atoms with Crippen LogP contribution in [0.15, 0.2) is 84.9 Å². The SMILES string of the molecule is CC(C)c1c(C(=O)Nc2ccccc2)c(-c2ccccc2)c(-c2ccc(F)cc2)n1CC[C@@H](O)C[C@@H](O)CC(=O)OCC[C@@H](CO[N+](=O)[O-])O[N+](=O)[O-]. The molecule has 3 atom stereocenters. The molecule has 4 aromatic rings. The molecule has 16 heteroatoms. The normalized spacial score (nSPS) is 12.8. The highest BCUT2D eigenvalue weighted by Crippen LogP contribution is 2.42. The number of carbonyl (C=O) groups excluding carboxylic acids is 2. The molecule has 3 N–H and O–H groups in total. The quantitative estimate of drug-likeness (QED) is 0.0549. The first kappa shape index (κ1) is 39.9. The van der Waals surface area contributed by atoms with Crippen molar-refractivity contribution in [3.63, 3.8) is 0 Å². The average Bonchev–Trinajstić information content (AvgIpc) is 3.46. The standard InChI is InChI=1S/C37H41FN4O11/c1-24(2)35-34(37(46)39-28-11-7-4-8-12-28)33(25-9-5-3-6-10-25)36(26-13-15-27(38)16-14-26)40(35)19-17-29(43)21-30(44)22-32(45)51-20-18-31(53-42(49)50)23-52-41(47)48/h3-16,24,29-31,43-44H,17-23H2,1-2H3,(H,39,46)/t29-,30-,31+/m1/s1. The first-order valence-corrected chi connectivity index (χ1v) is 16.9. The number of nitrogens with one attached hydrogen (secondary N) is 1. The van der Waals surface area contributed by atoms with E-state index in [2.05, 4.69) is 15.0 Å². The number of carbonyl (C=O) groups is 2. The van der Waals surface area contributed by atoms with E-state index in [0.29, 0.717) is 33.8 Å². The summed E-state index contributed by atoms with van der Waals surface area (Å²) in [6.07, 6.45) is -4.71. The molecule has 1 aromatic heterocycles. The highest BCUT2D eigenvalue weighted by atomic mass is 19.1. The van der Waals surface area contributed by atoms with Crippen LogP contribution in [0.25, 0.3) is 22.4 Å². The van der Waals surface area contributed by atoms with Gasteiger partial charge in [0.1, 0.15) is 18.5 Å². The monoisotopic (exact) mass is 736 g/mol. The average molecular weight is 737 g/mol. The van der Waals surface area contributed by atoms with E-state index >= 15 is 0 Å². The number of para-hydroxylation sites is 1. The summed E-state index contributed by atoms with van der Waals surface area (Å²) in [4.78, 5) is 56.0. The molecule has 0 aliphatic carbocycles. The second kappa shape index (κ2) is 19.1. The van der Waals surface area contributed by atoms with E-state index in [1.54, 1.807) is 24.3 Å². The Morgan fingerprint density at radius 2 is 1.51 bits per heavy atom. The molecule has 0 aliphatic rings. The van der Waals surface area contributed by atoms with Gasteiger partial charge in [0, 0.05) is 29.9 Å². The molecule has 1 amide bonds. The van der Waals surface area contributed by atoms with Gasteiger partial charge in [0.05, 0.1) is 36.5 Å². The van der Waals surface area contributed by atoms with Gasteiger partial charge in [0.2, 0.25) is 0 Å². The highest BCUT2D eigenvalue weighted by molar-refractivity contribution is 6.12. The number of halogens is 1. The molecular weight excluding hydrogens is 695 g/mol. The molecule has 0 saturated carbocycles. The van der Waals surface area contributed by atoms with Gasteiger partial charge in [0.25, 0.3) is 16.1 Å². The lowest BCUT2D eigenvalue weighted by Crippen LogP contribution is -2.27. The Morgan fingerprint density at radius 1 is 0.868 bits per heavy atom. The van der Waals surface area contributed by atoms with Gasteiger partial charge in [-0.2, -0.15) is 0 Å². The third kappa shape index (κ3) is 11.6. The van der Waals surface area contributed by atoms with Crippen molar-refractivity contribution < 1.29 is 48.8 Å². The number of anilines is 1. The van der Waals surface area contributed by atoms with Gasteiger partial charge in [-0.05, 0) is 66.3 Å². The minimum Gasteiger partial charge on any atom is -0.466 e. The number of rotatable bonds is 20. The van der Waals surface area contributed by atoms with Crippen LogP contribution in [0.3, 0.4) is 0 Å². The topological polar surface area (TPSA) is 206 Å². The van der Waals surface area contributed by atoms with Crippen molar-refractivity contribution in [1.82, 2.24) is 4.57 Å². The van der Waals surface area contributed by atoms with E-state index in [1.807, 2.05) is 66.9 Å². The smallest absolute Gasteiger partial charge is 0.308 e. The van der Waals surface area contributed by atoms with E-state index in [-0.39, 0.29) is 37.6 Å². The van der Waals surface area contributed by atoms with E-state index in [0.717, 1.165) is 5.56 Å². The Kier molecular flexibility index (Phi) is 14.4. The number of hydrogen-bond acceptors (Lipinski definition) is 11. The van der Waals surface area contributed by atoms with Crippen LogP contribution in [0, 0.1) is 26.0 Å². The van der Waals surface area contributed by atoms with Crippen molar-refractivity contribution in [2.75, 3.05) is 18.5 Å². The summed E-state index contributed by atoms with van der Waals surface area (Å²) in [6, 6.07) is 24.3. The Bertz CT molecular complexity index is 1840. The Hall–Kier alpha value is -5.87. The Morgan fingerprint density at radius 3 is 2.11 bits per heavy atom. The van der Waals surface area contributed by atoms with Crippen molar-refractivity contribution >= 4 is 17.6 Å². The largest absolute Gasteiger partial charge is 0.466 e. The van der Waals surface area contributed by atoms with Gasteiger partial charge in [-0.15, -0.1) is 20.2 Å². The van der Waals surface area contributed by atoms with Crippen LogP contribution in [-0.2, 0) is 25.8 Å². The second-order valence-corrected chi connectivity index (χ2v) is 12.5. The summed E-state index contributed by atoms with van der Waals surface area (Å²) in [5.74, 6) is -1.85. The number of benzene rings is 3. The van der Waals surface area contributed by atoms with Crippen LogP contribution in [0.2, 0.25) is 0 Å². The molecule has 0 aliphatic heterocycles. The molecule has 0 fully saturated rings. The predicted molar refractivity (Wildman–Crippen MR) is 190 cm³/mol. The first-order valence-electron chi connectivity index (χ1n) is 16.9. The number of aliphatic hydroxyl groups excluding tert-OH is 2. The van der Waals surface area contributed by atoms with Crippen LogP contribution < -0.4 is 5.32 Å². The Labute approximate surface area is 304 Å². The van der Waals surface area contributed by atoms with E-state index in [4.69, 9.17) is 4.74 Å². The zero-order chi connectivity index (χ0) is 38.5. The zero-order valence-corrected chi connectivity index (χ0v) is 29.1. The van der Waals surface area contributed by atoms with Crippen molar-refractivity contribution in [3.8, 4) is 22.4 Å².